The van der Waals surface area contributed by atoms with Crippen LogP contribution in [0.15, 0.2) is 33.9 Å². The molecular formula is C24H29FN6O3. The molecule has 0 unspecified atom stereocenters. The molecule has 1 saturated heterocycles. The van der Waals surface area contributed by atoms with E-state index in [1.165, 1.54) is 6.07 Å². The average molecular weight is 469 g/mol. The van der Waals surface area contributed by atoms with Crippen molar-refractivity contribution < 1.29 is 9.18 Å². The zero-order valence-electron chi connectivity index (χ0n) is 19.7. The van der Waals surface area contributed by atoms with Gasteiger partial charge in [0, 0.05) is 45.8 Å². The molecule has 1 aliphatic rings. The molecule has 1 aliphatic heterocycles. The van der Waals surface area contributed by atoms with Gasteiger partial charge in [-0.2, -0.15) is 0 Å². The van der Waals surface area contributed by atoms with E-state index in [0.29, 0.717) is 24.3 Å². The van der Waals surface area contributed by atoms with E-state index in [0.717, 1.165) is 42.1 Å². The Bertz CT molecular complexity index is 1340. The summed E-state index contributed by atoms with van der Waals surface area (Å²) in [5.41, 5.74) is 1.98. The fourth-order valence-electron chi connectivity index (χ4n) is 4.44. The van der Waals surface area contributed by atoms with E-state index in [-0.39, 0.29) is 23.4 Å². The van der Waals surface area contributed by atoms with Gasteiger partial charge in [0.2, 0.25) is 0 Å². The molecule has 1 amide bonds. The average Bonchev–Trinajstić information content (AvgIpc) is 2.79. The molecule has 2 N–H and O–H groups in total. The van der Waals surface area contributed by atoms with Gasteiger partial charge in [0.25, 0.3) is 11.5 Å². The number of hydrogen-bond donors (Lipinski definition) is 2. The lowest BCUT2D eigenvalue weighted by molar-refractivity contribution is 0.0950. The van der Waals surface area contributed by atoms with Crippen molar-refractivity contribution in [2.24, 2.45) is 0 Å². The quantitative estimate of drug-likeness (QED) is 0.570. The Kier molecular flexibility index (Phi) is 6.78. The number of anilines is 1. The minimum Gasteiger partial charge on any atom is -0.368 e. The topological polar surface area (TPSA) is 103 Å². The number of nitrogens with zero attached hydrogens (tertiary/aromatic N) is 4. The normalized spacial score (nSPS) is 14.5. The van der Waals surface area contributed by atoms with Crippen LogP contribution in [0.1, 0.15) is 35.6 Å². The van der Waals surface area contributed by atoms with Gasteiger partial charge in [0.05, 0.1) is 22.3 Å². The Balaban J connectivity index is 1.46. The summed E-state index contributed by atoms with van der Waals surface area (Å²) in [5.74, 6) is -0.803. The van der Waals surface area contributed by atoms with Crippen molar-refractivity contribution in [3.63, 3.8) is 0 Å². The number of amides is 1. The highest BCUT2D eigenvalue weighted by molar-refractivity contribution is 5.92. The monoisotopic (exact) mass is 468 g/mol. The van der Waals surface area contributed by atoms with Crippen molar-refractivity contribution in [3.05, 3.63) is 67.9 Å². The van der Waals surface area contributed by atoms with Crippen LogP contribution in [0.5, 0.6) is 0 Å². The van der Waals surface area contributed by atoms with Gasteiger partial charge in [-0.05, 0) is 50.6 Å². The Morgan fingerprint density at radius 2 is 1.88 bits per heavy atom. The molecule has 34 heavy (non-hydrogen) atoms. The van der Waals surface area contributed by atoms with Crippen molar-refractivity contribution in [2.75, 3.05) is 37.6 Å². The molecule has 1 aromatic carbocycles. The van der Waals surface area contributed by atoms with E-state index in [1.54, 1.807) is 19.1 Å². The molecule has 0 aliphatic carbocycles. The van der Waals surface area contributed by atoms with Gasteiger partial charge in [0.1, 0.15) is 11.5 Å². The second-order valence-electron chi connectivity index (χ2n) is 8.40. The van der Waals surface area contributed by atoms with Crippen molar-refractivity contribution >= 4 is 22.5 Å². The number of carbonyl (C=O) groups excluding carboxylic acids is 1. The van der Waals surface area contributed by atoms with Crippen LogP contribution in [0.2, 0.25) is 0 Å². The van der Waals surface area contributed by atoms with Crippen molar-refractivity contribution in [3.8, 4) is 0 Å². The van der Waals surface area contributed by atoms with Crippen LogP contribution >= 0.6 is 0 Å². The first-order valence-corrected chi connectivity index (χ1v) is 11.5. The molecular weight excluding hydrogens is 439 g/mol. The number of pyridine rings is 1. The summed E-state index contributed by atoms with van der Waals surface area (Å²) >= 11 is 0. The second kappa shape index (κ2) is 9.76. The summed E-state index contributed by atoms with van der Waals surface area (Å²) < 4.78 is 15.8. The van der Waals surface area contributed by atoms with E-state index in [9.17, 15) is 18.8 Å². The highest BCUT2D eigenvalue weighted by Gasteiger charge is 2.21. The number of aromatic amines is 1. The van der Waals surface area contributed by atoms with Crippen LogP contribution in [-0.2, 0) is 13.1 Å². The van der Waals surface area contributed by atoms with Gasteiger partial charge < -0.3 is 15.2 Å². The third-order valence-electron chi connectivity index (χ3n) is 6.16. The van der Waals surface area contributed by atoms with E-state index >= 15 is 0 Å². The summed E-state index contributed by atoms with van der Waals surface area (Å²) in [6.45, 7) is 9.71. The van der Waals surface area contributed by atoms with Crippen molar-refractivity contribution in [2.45, 2.75) is 33.9 Å². The third-order valence-corrected chi connectivity index (χ3v) is 6.16. The highest BCUT2D eigenvalue weighted by Crippen LogP contribution is 2.22. The van der Waals surface area contributed by atoms with Gasteiger partial charge in [0.15, 0.2) is 0 Å². The first-order chi connectivity index (χ1) is 16.3. The summed E-state index contributed by atoms with van der Waals surface area (Å²) in [5, 5.41) is 2.67. The van der Waals surface area contributed by atoms with Gasteiger partial charge in [-0.1, -0.05) is 0 Å². The van der Waals surface area contributed by atoms with Crippen molar-refractivity contribution in [1.82, 2.24) is 24.8 Å². The predicted octanol–water partition coefficient (Wildman–Crippen LogP) is 1.62. The van der Waals surface area contributed by atoms with Crippen LogP contribution < -0.4 is 21.5 Å². The molecule has 180 valence electrons. The van der Waals surface area contributed by atoms with Crippen molar-refractivity contribution in [1.29, 1.82) is 0 Å². The van der Waals surface area contributed by atoms with Crippen LogP contribution in [-0.4, -0.2) is 58.1 Å². The maximum Gasteiger partial charge on any atom is 0.328 e. The Morgan fingerprint density at radius 1 is 1.15 bits per heavy atom. The molecule has 4 rings (SSSR count). The number of H-pyrrole nitrogens is 1. The number of fused-ring (bicyclic) bond motifs is 1. The molecule has 0 radical (unpaired) electrons. The summed E-state index contributed by atoms with van der Waals surface area (Å²) in [6.07, 6.45) is 0. The molecule has 3 heterocycles. The van der Waals surface area contributed by atoms with Gasteiger partial charge in [-0.15, -0.1) is 0 Å². The standard InChI is InChI=1S/C24H29FN6O3/c1-4-26-22(32)18-6-7-20(15(3)27-18)30-10-8-29(9-11-30)14-16-12-17(25)21-19(13-16)28-24(34)31(5-2)23(21)33/h6-7,12-13H,4-5,8-11,14H2,1-3H3,(H,26,32)(H,28,34). The number of rotatable bonds is 6. The molecule has 10 heteroatoms. The molecule has 9 nitrogen and oxygen atoms in total. The summed E-state index contributed by atoms with van der Waals surface area (Å²) in [6, 6.07) is 6.73. The van der Waals surface area contributed by atoms with Gasteiger partial charge in [-0.3, -0.25) is 19.1 Å². The number of benzene rings is 1. The fourth-order valence-corrected chi connectivity index (χ4v) is 4.44. The van der Waals surface area contributed by atoms with Gasteiger partial charge in [-0.25, -0.2) is 14.2 Å². The summed E-state index contributed by atoms with van der Waals surface area (Å²) in [4.78, 5) is 48.1. The first-order valence-electron chi connectivity index (χ1n) is 11.5. The molecule has 0 saturated carbocycles. The van der Waals surface area contributed by atoms with E-state index < -0.39 is 17.1 Å². The smallest absolute Gasteiger partial charge is 0.328 e. The molecule has 2 aromatic heterocycles. The van der Waals surface area contributed by atoms with Crippen LogP contribution in [0, 0.1) is 12.7 Å². The maximum absolute atomic E-state index is 14.8. The third kappa shape index (κ3) is 4.58. The second-order valence-corrected chi connectivity index (χ2v) is 8.40. The zero-order valence-corrected chi connectivity index (χ0v) is 19.7. The van der Waals surface area contributed by atoms with Gasteiger partial charge >= 0.3 is 5.69 Å². The molecule has 0 spiro atoms. The fraction of sp³-hybridized carbons (Fsp3) is 0.417. The number of hydrogen-bond acceptors (Lipinski definition) is 6. The predicted molar refractivity (Wildman–Crippen MR) is 129 cm³/mol. The van der Waals surface area contributed by atoms with Crippen LogP contribution in [0.25, 0.3) is 10.9 Å². The Hall–Kier alpha value is -3.53. The number of nitrogens with one attached hydrogen (secondary N) is 2. The maximum atomic E-state index is 14.8. The lowest BCUT2D eigenvalue weighted by Crippen LogP contribution is -2.46. The number of halogens is 1. The largest absolute Gasteiger partial charge is 0.368 e. The number of aryl methyl sites for hydroxylation is 1. The summed E-state index contributed by atoms with van der Waals surface area (Å²) in [7, 11) is 0. The van der Waals surface area contributed by atoms with Crippen LogP contribution in [0.4, 0.5) is 10.1 Å². The van der Waals surface area contributed by atoms with E-state index in [2.05, 4.69) is 25.1 Å². The molecule has 3 aromatic rings. The highest BCUT2D eigenvalue weighted by atomic mass is 19.1. The Morgan fingerprint density at radius 3 is 2.53 bits per heavy atom. The number of aromatic nitrogens is 3. The lowest BCUT2D eigenvalue weighted by Gasteiger charge is -2.36. The Labute approximate surface area is 196 Å². The minimum absolute atomic E-state index is 0.0888. The van der Waals surface area contributed by atoms with E-state index in [1.807, 2.05) is 19.9 Å². The van der Waals surface area contributed by atoms with Crippen LogP contribution in [0.3, 0.4) is 0 Å². The first kappa shape index (κ1) is 23.6. The molecule has 0 bridgehead atoms. The SMILES string of the molecule is CCNC(=O)c1ccc(N2CCN(Cc3cc(F)c4c(=O)n(CC)c(=O)[nH]c4c3)CC2)c(C)n1. The number of carbonyl (C=O) groups is 1. The van der Waals surface area contributed by atoms with E-state index in [4.69, 9.17) is 0 Å². The lowest BCUT2D eigenvalue weighted by atomic mass is 10.1. The minimum atomic E-state index is -0.622. The zero-order chi connectivity index (χ0) is 24.4. The molecule has 0 atom stereocenters. The molecule has 1 fully saturated rings. The number of piperazine rings is 1.